The summed E-state index contributed by atoms with van der Waals surface area (Å²) in [6, 6.07) is 10.2. The van der Waals surface area contributed by atoms with Crippen LogP contribution in [0.1, 0.15) is 32.8 Å². The van der Waals surface area contributed by atoms with Gasteiger partial charge >= 0.3 is 6.09 Å². The van der Waals surface area contributed by atoms with Gasteiger partial charge in [-0.25, -0.2) is 4.79 Å². The van der Waals surface area contributed by atoms with Crippen LogP contribution in [0.4, 0.5) is 4.79 Å². The number of nitrogens with zero attached hydrogens (tertiary/aromatic N) is 1. The van der Waals surface area contributed by atoms with Crippen molar-refractivity contribution in [2.75, 3.05) is 33.3 Å². The molecule has 0 saturated heterocycles. The van der Waals surface area contributed by atoms with Crippen LogP contribution >= 0.6 is 0 Å². The first-order valence-corrected chi connectivity index (χ1v) is 8.14. The number of ether oxygens (including phenoxy) is 2. The number of alkyl carbamates (subject to hydrolysis) is 1. The highest BCUT2D eigenvalue weighted by Gasteiger charge is 2.15. The largest absolute Gasteiger partial charge is 0.444 e. The van der Waals surface area contributed by atoms with Gasteiger partial charge in [-0.2, -0.15) is 0 Å². The molecule has 0 unspecified atom stereocenters. The molecule has 0 aromatic heterocycles. The topological polar surface area (TPSA) is 50.8 Å². The molecule has 0 radical (unpaired) electrons. The maximum absolute atomic E-state index is 11.5. The van der Waals surface area contributed by atoms with E-state index in [1.54, 1.807) is 0 Å². The van der Waals surface area contributed by atoms with E-state index in [1.807, 2.05) is 39.0 Å². The Hall–Kier alpha value is -1.59. The lowest BCUT2D eigenvalue weighted by molar-refractivity contribution is 0.0524. The monoisotopic (exact) mass is 322 g/mol. The van der Waals surface area contributed by atoms with Crippen LogP contribution in [0.3, 0.4) is 0 Å². The first kappa shape index (κ1) is 19.5. The standard InChI is InChI=1S/C18H30N2O3/c1-18(2,3)23-17(21)19-11-8-12-20(4)13-14-22-15-16-9-6-5-7-10-16/h5-7,9-10H,8,11-15H2,1-4H3,(H,19,21). The molecule has 0 aliphatic carbocycles. The molecule has 5 nitrogen and oxygen atoms in total. The summed E-state index contributed by atoms with van der Waals surface area (Å²) in [6.45, 7) is 9.31. The number of carbonyl (C=O) groups excluding carboxylic acids is 1. The highest BCUT2D eigenvalue weighted by Crippen LogP contribution is 2.06. The number of amides is 1. The summed E-state index contributed by atoms with van der Waals surface area (Å²) >= 11 is 0. The van der Waals surface area contributed by atoms with Gasteiger partial charge in [0.15, 0.2) is 0 Å². The fourth-order valence-electron chi connectivity index (χ4n) is 1.95. The molecule has 0 aliphatic rings. The quantitative estimate of drug-likeness (QED) is 0.710. The van der Waals surface area contributed by atoms with Crippen molar-refractivity contribution in [2.24, 2.45) is 0 Å². The molecule has 1 amide bonds. The first-order chi connectivity index (χ1) is 10.9. The minimum Gasteiger partial charge on any atom is -0.444 e. The van der Waals surface area contributed by atoms with Gasteiger partial charge < -0.3 is 19.7 Å². The maximum atomic E-state index is 11.5. The molecule has 23 heavy (non-hydrogen) atoms. The number of likely N-dealkylation sites (N-methyl/N-ethyl adjacent to an activating group) is 1. The van der Waals surface area contributed by atoms with Crippen LogP contribution in [-0.2, 0) is 16.1 Å². The molecular formula is C18H30N2O3. The molecule has 0 spiro atoms. The number of carbonyl (C=O) groups is 1. The number of nitrogens with one attached hydrogen (secondary N) is 1. The Morgan fingerprint density at radius 2 is 1.87 bits per heavy atom. The molecule has 1 rings (SSSR count). The normalized spacial score (nSPS) is 11.5. The van der Waals surface area contributed by atoms with Crippen molar-refractivity contribution in [2.45, 2.75) is 39.4 Å². The van der Waals surface area contributed by atoms with E-state index in [9.17, 15) is 4.79 Å². The second kappa shape index (κ2) is 10.2. The van der Waals surface area contributed by atoms with Gasteiger partial charge in [-0.15, -0.1) is 0 Å². The number of rotatable bonds is 9. The van der Waals surface area contributed by atoms with Crippen molar-refractivity contribution in [1.82, 2.24) is 10.2 Å². The minimum atomic E-state index is -0.447. The fraction of sp³-hybridized carbons (Fsp3) is 0.611. The van der Waals surface area contributed by atoms with Gasteiger partial charge in [0.05, 0.1) is 13.2 Å². The van der Waals surface area contributed by atoms with E-state index in [0.717, 1.165) is 19.5 Å². The van der Waals surface area contributed by atoms with E-state index in [4.69, 9.17) is 9.47 Å². The Bertz CT molecular complexity index is 443. The van der Waals surface area contributed by atoms with Crippen molar-refractivity contribution in [3.63, 3.8) is 0 Å². The summed E-state index contributed by atoms with van der Waals surface area (Å²) in [6.07, 6.45) is 0.528. The zero-order valence-electron chi connectivity index (χ0n) is 14.8. The smallest absolute Gasteiger partial charge is 0.407 e. The Labute approximate surface area is 140 Å². The third-order valence-corrected chi connectivity index (χ3v) is 3.11. The van der Waals surface area contributed by atoms with E-state index in [2.05, 4.69) is 29.4 Å². The Balaban J connectivity index is 2.00. The van der Waals surface area contributed by atoms with Gasteiger partial charge in [-0.3, -0.25) is 0 Å². The molecular weight excluding hydrogens is 292 g/mol. The molecule has 1 aromatic rings. The first-order valence-electron chi connectivity index (χ1n) is 8.14. The average molecular weight is 322 g/mol. The average Bonchev–Trinajstić information content (AvgIpc) is 2.47. The Kier molecular flexibility index (Phi) is 8.66. The number of hydrogen-bond acceptors (Lipinski definition) is 4. The Morgan fingerprint density at radius 3 is 2.52 bits per heavy atom. The molecule has 0 aliphatic heterocycles. The lowest BCUT2D eigenvalue weighted by atomic mass is 10.2. The van der Waals surface area contributed by atoms with E-state index in [-0.39, 0.29) is 6.09 Å². The second-order valence-corrected chi connectivity index (χ2v) is 6.62. The number of benzene rings is 1. The molecule has 5 heteroatoms. The third-order valence-electron chi connectivity index (χ3n) is 3.11. The summed E-state index contributed by atoms with van der Waals surface area (Å²) in [7, 11) is 2.05. The lowest BCUT2D eigenvalue weighted by Crippen LogP contribution is -2.34. The molecule has 0 atom stereocenters. The van der Waals surface area contributed by atoms with E-state index >= 15 is 0 Å². The number of hydrogen-bond donors (Lipinski definition) is 1. The van der Waals surface area contributed by atoms with Gasteiger partial charge in [0.2, 0.25) is 0 Å². The van der Waals surface area contributed by atoms with Gasteiger partial charge in [0, 0.05) is 13.1 Å². The van der Waals surface area contributed by atoms with Gasteiger partial charge in [-0.05, 0) is 46.3 Å². The SMILES string of the molecule is CN(CCCNC(=O)OC(C)(C)C)CCOCc1ccccc1. The van der Waals surface area contributed by atoms with Crippen LogP contribution in [0, 0.1) is 0 Å². The van der Waals surface area contributed by atoms with Crippen molar-refractivity contribution < 1.29 is 14.3 Å². The van der Waals surface area contributed by atoms with Crippen LogP contribution in [0.25, 0.3) is 0 Å². The molecule has 0 saturated carbocycles. The predicted molar refractivity (Wildman–Crippen MR) is 92.4 cm³/mol. The van der Waals surface area contributed by atoms with Crippen molar-refractivity contribution in [3.05, 3.63) is 35.9 Å². The molecule has 1 aromatic carbocycles. The van der Waals surface area contributed by atoms with E-state index in [0.29, 0.717) is 19.8 Å². The van der Waals surface area contributed by atoms with Crippen LogP contribution in [0.15, 0.2) is 30.3 Å². The lowest BCUT2D eigenvalue weighted by Gasteiger charge is -2.20. The molecule has 1 N–H and O–H groups in total. The highest BCUT2D eigenvalue weighted by molar-refractivity contribution is 5.67. The fourth-order valence-corrected chi connectivity index (χ4v) is 1.95. The van der Waals surface area contributed by atoms with Crippen LogP contribution in [0.2, 0.25) is 0 Å². The summed E-state index contributed by atoms with van der Waals surface area (Å²) < 4.78 is 10.8. The predicted octanol–water partition coefficient (Wildman–Crippen LogP) is 3.05. The third kappa shape index (κ3) is 10.7. The van der Waals surface area contributed by atoms with Crippen molar-refractivity contribution in [3.8, 4) is 0 Å². The van der Waals surface area contributed by atoms with E-state index in [1.165, 1.54) is 5.56 Å². The zero-order valence-corrected chi connectivity index (χ0v) is 14.8. The van der Waals surface area contributed by atoms with Crippen LogP contribution in [-0.4, -0.2) is 49.9 Å². The zero-order chi connectivity index (χ0) is 17.1. The summed E-state index contributed by atoms with van der Waals surface area (Å²) in [5, 5.41) is 2.76. The Morgan fingerprint density at radius 1 is 1.17 bits per heavy atom. The van der Waals surface area contributed by atoms with Crippen LogP contribution < -0.4 is 5.32 Å². The summed E-state index contributed by atoms with van der Waals surface area (Å²) in [4.78, 5) is 13.7. The molecule has 0 bridgehead atoms. The molecule has 130 valence electrons. The van der Waals surface area contributed by atoms with Crippen LogP contribution in [0.5, 0.6) is 0 Å². The summed E-state index contributed by atoms with van der Waals surface area (Å²) in [5.74, 6) is 0. The minimum absolute atomic E-state index is 0.355. The van der Waals surface area contributed by atoms with Gasteiger partial charge in [0.25, 0.3) is 0 Å². The van der Waals surface area contributed by atoms with Crippen molar-refractivity contribution in [1.29, 1.82) is 0 Å². The molecule has 0 heterocycles. The van der Waals surface area contributed by atoms with Gasteiger partial charge in [0.1, 0.15) is 5.60 Å². The van der Waals surface area contributed by atoms with Crippen molar-refractivity contribution >= 4 is 6.09 Å². The van der Waals surface area contributed by atoms with E-state index < -0.39 is 5.60 Å². The maximum Gasteiger partial charge on any atom is 0.407 e. The summed E-state index contributed by atoms with van der Waals surface area (Å²) in [5.41, 5.74) is 0.744. The highest BCUT2D eigenvalue weighted by atomic mass is 16.6. The van der Waals surface area contributed by atoms with Gasteiger partial charge in [-0.1, -0.05) is 30.3 Å². The second-order valence-electron chi connectivity index (χ2n) is 6.62. The molecule has 0 fully saturated rings.